The summed E-state index contributed by atoms with van der Waals surface area (Å²) in [6, 6.07) is 7.52. The van der Waals surface area contributed by atoms with Crippen molar-refractivity contribution in [3.8, 4) is 28.8 Å². The van der Waals surface area contributed by atoms with Gasteiger partial charge in [0.15, 0.2) is 17.3 Å². The van der Waals surface area contributed by atoms with E-state index in [-0.39, 0.29) is 11.4 Å². The molecule has 22 heavy (non-hydrogen) atoms. The third-order valence-corrected chi connectivity index (χ3v) is 3.28. The zero-order valence-electron chi connectivity index (χ0n) is 10.9. The lowest BCUT2D eigenvalue weighted by Gasteiger charge is -1.99. The first-order chi connectivity index (χ1) is 10.6. The van der Waals surface area contributed by atoms with Crippen LogP contribution in [0.25, 0.3) is 22.7 Å². The Labute approximate surface area is 132 Å². The second kappa shape index (κ2) is 5.54. The van der Waals surface area contributed by atoms with Crippen molar-refractivity contribution < 1.29 is 8.91 Å². The minimum Gasteiger partial charge on any atom is -0.382 e. The van der Waals surface area contributed by atoms with Crippen molar-refractivity contribution in [1.82, 2.24) is 15.1 Å². The number of nitrogen functional groups attached to an aromatic ring is 1. The third-order valence-electron chi connectivity index (χ3n) is 2.90. The van der Waals surface area contributed by atoms with Crippen LogP contribution in [-0.4, -0.2) is 15.1 Å². The average molecular weight is 360 g/mol. The number of aromatic nitrogens is 3. The molecule has 0 aliphatic carbocycles. The van der Waals surface area contributed by atoms with Gasteiger partial charge in [-0.2, -0.15) is 5.26 Å². The van der Waals surface area contributed by atoms with E-state index in [4.69, 9.17) is 15.5 Å². The first-order valence-electron chi connectivity index (χ1n) is 6.03. The van der Waals surface area contributed by atoms with Crippen LogP contribution in [0.5, 0.6) is 0 Å². The molecule has 2 N–H and O–H groups in total. The summed E-state index contributed by atoms with van der Waals surface area (Å²) >= 11 is 3.20. The van der Waals surface area contributed by atoms with Gasteiger partial charge in [-0.1, -0.05) is 11.2 Å². The summed E-state index contributed by atoms with van der Waals surface area (Å²) in [5, 5.41) is 12.6. The van der Waals surface area contributed by atoms with Crippen LogP contribution in [0.2, 0.25) is 0 Å². The van der Waals surface area contributed by atoms with Gasteiger partial charge in [-0.05, 0) is 28.1 Å². The van der Waals surface area contributed by atoms with Crippen molar-refractivity contribution in [3.63, 3.8) is 0 Å². The van der Waals surface area contributed by atoms with E-state index in [0.29, 0.717) is 27.3 Å². The van der Waals surface area contributed by atoms with Crippen LogP contribution >= 0.6 is 15.9 Å². The Balaban J connectivity index is 2.02. The highest BCUT2D eigenvalue weighted by Gasteiger charge is 2.15. The number of hydrogen-bond acceptors (Lipinski definition) is 6. The summed E-state index contributed by atoms with van der Waals surface area (Å²) in [6.07, 6.45) is 1.46. The SMILES string of the molecule is N#Cc1ccc(-c2cc(-c3nc(Br)cnc3N)on2)cc1F. The van der Waals surface area contributed by atoms with E-state index < -0.39 is 5.82 Å². The average Bonchev–Trinajstić information content (AvgIpc) is 2.99. The quantitative estimate of drug-likeness (QED) is 0.753. The second-order valence-electron chi connectivity index (χ2n) is 4.31. The topological polar surface area (TPSA) is 102 Å². The van der Waals surface area contributed by atoms with E-state index in [1.807, 2.05) is 0 Å². The highest BCUT2D eigenvalue weighted by Crippen LogP contribution is 2.28. The number of anilines is 1. The lowest BCUT2D eigenvalue weighted by atomic mass is 10.1. The molecule has 2 aromatic heterocycles. The molecule has 0 aliphatic heterocycles. The monoisotopic (exact) mass is 359 g/mol. The summed E-state index contributed by atoms with van der Waals surface area (Å²) < 4.78 is 19.3. The number of nitrogens with two attached hydrogens (primary N) is 1. The molecule has 108 valence electrons. The molecular formula is C14H7BrFN5O. The van der Waals surface area contributed by atoms with Gasteiger partial charge >= 0.3 is 0 Å². The molecular weight excluding hydrogens is 353 g/mol. The van der Waals surface area contributed by atoms with Crippen LogP contribution < -0.4 is 5.73 Å². The predicted molar refractivity (Wildman–Crippen MR) is 79.8 cm³/mol. The van der Waals surface area contributed by atoms with E-state index in [1.54, 1.807) is 18.2 Å². The molecule has 0 spiro atoms. The molecule has 3 aromatic rings. The van der Waals surface area contributed by atoms with Crippen molar-refractivity contribution in [1.29, 1.82) is 5.26 Å². The van der Waals surface area contributed by atoms with Crippen molar-refractivity contribution in [2.24, 2.45) is 0 Å². The fraction of sp³-hybridized carbons (Fsp3) is 0. The largest absolute Gasteiger partial charge is 0.382 e. The number of rotatable bonds is 2. The van der Waals surface area contributed by atoms with E-state index in [9.17, 15) is 4.39 Å². The molecule has 8 heteroatoms. The predicted octanol–water partition coefficient (Wildman–Crippen LogP) is 3.15. The van der Waals surface area contributed by atoms with Crippen LogP contribution in [0.4, 0.5) is 10.2 Å². The Morgan fingerprint density at radius 3 is 2.86 bits per heavy atom. The van der Waals surface area contributed by atoms with Crippen LogP contribution in [0.15, 0.2) is 39.6 Å². The number of nitrogens with zero attached hydrogens (tertiary/aromatic N) is 4. The lowest BCUT2D eigenvalue weighted by Crippen LogP contribution is -1.96. The molecule has 0 saturated heterocycles. The fourth-order valence-corrected chi connectivity index (χ4v) is 2.13. The Kier molecular flexibility index (Phi) is 3.56. The molecule has 0 radical (unpaired) electrons. The zero-order chi connectivity index (χ0) is 15.7. The Bertz CT molecular complexity index is 902. The molecule has 1 aromatic carbocycles. The van der Waals surface area contributed by atoms with Gasteiger partial charge in [0.05, 0.1) is 11.8 Å². The normalized spacial score (nSPS) is 10.4. The summed E-state index contributed by atoms with van der Waals surface area (Å²) in [5.74, 6) is -0.116. The molecule has 0 fully saturated rings. The molecule has 3 rings (SSSR count). The van der Waals surface area contributed by atoms with Crippen LogP contribution in [0, 0.1) is 17.1 Å². The van der Waals surface area contributed by atoms with Gasteiger partial charge in [0.2, 0.25) is 0 Å². The van der Waals surface area contributed by atoms with Gasteiger partial charge in [-0.25, -0.2) is 14.4 Å². The van der Waals surface area contributed by atoms with Crippen molar-refractivity contribution >= 4 is 21.7 Å². The molecule has 0 aliphatic rings. The third kappa shape index (κ3) is 2.54. The maximum atomic E-state index is 13.7. The molecule has 0 amide bonds. The van der Waals surface area contributed by atoms with E-state index in [1.165, 1.54) is 18.3 Å². The number of benzene rings is 1. The van der Waals surface area contributed by atoms with Gasteiger partial charge in [0.1, 0.15) is 22.2 Å². The highest BCUT2D eigenvalue weighted by atomic mass is 79.9. The standard InChI is InChI=1S/C14H7BrFN5O/c15-12-6-19-14(18)13(20-12)11-4-10(21-22-11)7-1-2-8(5-17)9(16)3-7/h1-4,6H,(H2,18,19). The summed E-state index contributed by atoms with van der Waals surface area (Å²) in [4.78, 5) is 8.13. The minimum atomic E-state index is -0.619. The van der Waals surface area contributed by atoms with E-state index in [2.05, 4.69) is 31.1 Å². The van der Waals surface area contributed by atoms with Crippen molar-refractivity contribution in [2.75, 3.05) is 5.73 Å². The van der Waals surface area contributed by atoms with Crippen LogP contribution in [-0.2, 0) is 0 Å². The molecule has 0 unspecified atom stereocenters. The number of hydrogen-bond donors (Lipinski definition) is 1. The van der Waals surface area contributed by atoms with Gasteiger partial charge in [-0.3, -0.25) is 0 Å². The summed E-state index contributed by atoms with van der Waals surface area (Å²) in [7, 11) is 0. The fourth-order valence-electron chi connectivity index (χ4n) is 1.85. The Hall–Kier alpha value is -2.79. The minimum absolute atomic E-state index is 0.0328. The molecule has 6 nitrogen and oxygen atoms in total. The first-order valence-corrected chi connectivity index (χ1v) is 6.83. The smallest absolute Gasteiger partial charge is 0.189 e. The first kappa shape index (κ1) is 14.2. The molecule has 2 heterocycles. The van der Waals surface area contributed by atoms with Gasteiger partial charge < -0.3 is 10.3 Å². The Morgan fingerprint density at radius 1 is 1.32 bits per heavy atom. The Morgan fingerprint density at radius 2 is 2.14 bits per heavy atom. The maximum absolute atomic E-state index is 13.7. The molecule has 0 bridgehead atoms. The number of halogens is 2. The van der Waals surface area contributed by atoms with Crippen molar-refractivity contribution in [3.05, 3.63) is 46.4 Å². The van der Waals surface area contributed by atoms with Crippen LogP contribution in [0.3, 0.4) is 0 Å². The van der Waals surface area contributed by atoms with Crippen molar-refractivity contribution in [2.45, 2.75) is 0 Å². The van der Waals surface area contributed by atoms with Gasteiger partial charge in [0.25, 0.3) is 0 Å². The van der Waals surface area contributed by atoms with E-state index >= 15 is 0 Å². The number of nitriles is 1. The van der Waals surface area contributed by atoms with E-state index in [0.717, 1.165) is 0 Å². The van der Waals surface area contributed by atoms with Gasteiger partial charge in [0, 0.05) is 11.6 Å². The molecule has 0 atom stereocenters. The summed E-state index contributed by atoms with van der Waals surface area (Å²) in [6.45, 7) is 0. The lowest BCUT2D eigenvalue weighted by molar-refractivity contribution is 0.433. The second-order valence-corrected chi connectivity index (χ2v) is 5.12. The molecule has 0 saturated carbocycles. The zero-order valence-corrected chi connectivity index (χ0v) is 12.5. The maximum Gasteiger partial charge on any atom is 0.189 e. The highest BCUT2D eigenvalue weighted by molar-refractivity contribution is 9.10. The summed E-state index contributed by atoms with van der Waals surface area (Å²) in [5.41, 5.74) is 6.94. The van der Waals surface area contributed by atoms with Crippen LogP contribution in [0.1, 0.15) is 5.56 Å². The van der Waals surface area contributed by atoms with Gasteiger partial charge in [-0.15, -0.1) is 0 Å².